The van der Waals surface area contributed by atoms with Crippen LogP contribution in [0.5, 0.6) is 0 Å². The maximum atomic E-state index is 12.3. The van der Waals surface area contributed by atoms with Gasteiger partial charge >= 0.3 is 5.97 Å². The molecule has 6 nitrogen and oxygen atoms in total. The van der Waals surface area contributed by atoms with Crippen molar-refractivity contribution < 1.29 is 19.5 Å². The number of carboxylic acids is 1. The summed E-state index contributed by atoms with van der Waals surface area (Å²) in [6.45, 7) is 2.54. The first-order valence-electron chi connectivity index (χ1n) is 6.48. The summed E-state index contributed by atoms with van der Waals surface area (Å²) < 4.78 is 0. The van der Waals surface area contributed by atoms with Crippen LogP contribution in [-0.2, 0) is 14.4 Å². The fourth-order valence-electron chi connectivity index (χ4n) is 2.52. The molecule has 0 aromatic carbocycles. The van der Waals surface area contributed by atoms with Crippen molar-refractivity contribution in [3.8, 4) is 0 Å². The lowest BCUT2D eigenvalue weighted by Gasteiger charge is -2.28. The van der Waals surface area contributed by atoms with E-state index in [1.54, 1.807) is 0 Å². The first-order valence-corrected chi connectivity index (χ1v) is 7.52. The summed E-state index contributed by atoms with van der Waals surface area (Å²) in [4.78, 5) is 38.0. The zero-order chi connectivity index (χ0) is 14.0. The fraction of sp³-hybridized carbons (Fsp3) is 0.750. The molecule has 0 radical (unpaired) electrons. The lowest BCUT2D eigenvalue weighted by Crippen LogP contribution is -2.49. The van der Waals surface area contributed by atoms with Gasteiger partial charge in [-0.1, -0.05) is 6.92 Å². The number of thioether (sulfide) groups is 1. The molecule has 19 heavy (non-hydrogen) atoms. The van der Waals surface area contributed by atoms with Crippen molar-refractivity contribution in [1.29, 1.82) is 0 Å². The number of hydrogen-bond acceptors (Lipinski definition) is 4. The van der Waals surface area contributed by atoms with Crippen molar-refractivity contribution in [2.75, 3.05) is 18.8 Å². The fourth-order valence-corrected chi connectivity index (χ4v) is 3.89. The Balaban J connectivity index is 2.05. The Bertz CT molecular complexity index is 401. The van der Waals surface area contributed by atoms with E-state index >= 15 is 0 Å². The molecule has 1 N–H and O–H groups in total. The molecule has 0 aliphatic carbocycles. The number of carbonyl (C=O) groups is 3. The normalized spacial score (nSPS) is 27.1. The van der Waals surface area contributed by atoms with Crippen molar-refractivity contribution in [3.05, 3.63) is 0 Å². The number of hydrogen-bond donors (Lipinski definition) is 1. The summed E-state index contributed by atoms with van der Waals surface area (Å²) in [5.41, 5.74) is 0. The Hall–Kier alpha value is -1.24. The number of aliphatic carboxylic acids is 1. The summed E-state index contributed by atoms with van der Waals surface area (Å²) in [5, 5.41) is 9.08. The maximum Gasteiger partial charge on any atom is 0.327 e. The van der Waals surface area contributed by atoms with Gasteiger partial charge in [-0.05, 0) is 12.8 Å². The van der Waals surface area contributed by atoms with Crippen LogP contribution in [0.4, 0.5) is 0 Å². The Morgan fingerprint density at radius 1 is 1.47 bits per heavy atom. The molecule has 0 spiro atoms. The highest BCUT2D eigenvalue weighted by Gasteiger charge is 2.41. The summed E-state index contributed by atoms with van der Waals surface area (Å²) >= 11 is 1.49. The van der Waals surface area contributed by atoms with E-state index in [-0.39, 0.29) is 23.7 Å². The molecular formula is C12H18N2O4S. The van der Waals surface area contributed by atoms with Crippen LogP contribution in [0.1, 0.15) is 26.2 Å². The van der Waals surface area contributed by atoms with Gasteiger partial charge in [-0.15, -0.1) is 11.8 Å². The molecule has 2 rings (SSSR count). The second-order valence-corrected chi connectivity index (χ2v) is 5.98. The highest BCUT2D eigenvalue weighted by molar-refractivity contribution is 8.00. The van der Waals surface area contributed by atoms with Gasteiger partial charge in [-0.2, -0.15) is 0 Å². The number of nitrogens with zero attached hydrogens (tertiary/aromatic N) is 2. The van der Waals surface area contributed by atoms with E-state index in [0.29, 0.717) is 25.1 Å². The molecule has 2 amide bonds. The predicted molar refractivity (Wildman–Crippen MR) is 70.6 cm³/mol. The van der Waals surface area contributed by atoms with E-state index in [4.69, 9.17) is 0 Å². The molecule has 2 saturated heterocycles. The molecule has 2 aliphatic heterocycles. The quantitative estimate of drug-likeness (QED) is 0.808. The number of likely N-dealkylation sites (tertiary alicyclic amines) is 1. The molecule has 2 aliphatic rings. The minimum atomic E-state index is -0.968. The van der Waals surface area contributed by atoms with Crippen LogP contribution in [-0.4, -0.2) is 62.9 Å². The third kappa shape index (κ3) is 2.86. The highest BCUT2D eigenvalue weighted by Crippen LogP contribution is 2.31. The van der Waals surface area contributed by atoms with Crippen LogP contribution in [0.25, 0.3) is 0 Å². The van der Waals surface area contributed by atoms with Gasteiger partial charge in [0.05, 0.1) is 11.9 Å². The van der Waals surface area contributed by atoms with Gasteiger partial charge in [0.1, 0.15) is 6.04 Å². The SMILES string of the molecule is CCC1SCC(C(=O)O)N1C(=O)CN1CCCC1=O. The van der Waals surface area contributed by atoms with Crippen molar-refractivity contribution in [2.45, 2.75) is 37.6 Å². The van der Waals surface area contributed by atoms with E-state index in [1.807, 2.05) is 6.92 Å². The topological polar surface area (TPSA) is 77.9 Å². The van der Waals surface area contributed by atoms with Crippen molar-refractivity contribution >= 4 is 29.5 Å². The number of carbonyl (C=O) groups excluding carboxylic acids is 2. The van der Waals surface area contributed by atoms with Gasteiger partial charge in [0.25, 0.3) is 0 Å². The molecule has 0 saturated carbocycles. The third-order valence-electron chi connectivity index (χ3n) is 3.51. The molecule has 2 heterocycles. The summed E-state index contributed by atoms with van der Waals surface area (Å²) in [7, 11) is 0. The lowest BCUT2D eigenvalue weighted by atomic mass is 10.2. The first kappa shape index (κ1) is 14.2. The Morgan fingerprint density at radius 3 is 2.74 bits per heavy atom. The van der Waals surface area contributed by atoms with Gasteiger partial charge in [0, 0.05) is 18.7 Å². The summed E-state index contributed by atoms with van der Waals surface area (Å²) in [6, 6.07) is -0.764. The third-order valence-corrected chi connectivity index (χ3v) is 4.97. The Labute approximate surface area is 116 Å². The van der Waals surface area contributed by atoms with Gasteiger partial charge < -0.3 is 14.9 Å². The van der Waals surface area contributed by atoms with Gasteiger partial charge in [-0.3, -0.25) is 9.59 Å². The Morgan fingerprint density at radius 2 is 2.21 bits per heavy atom. The van der Waals surface area contributed by atoms with Crippen molar-refractivity contribution in [3.63, 3.8) is 0 Å². The van der Waals surface area contributed by atoms with Crippen LogP contribution in [0.2, 0.25) is 0 Å². The van der Waals surface area contributed by atoms with Crippen molar-refractivity contribution in [2.24, 2.45) is 0 Å². The maximum absolute atomic E-state index is 12.3. The van der Waals surface area contributed by atoms with E-state index in [0.717, 1.165) is 6.42 Å². The molecule has 0 aromatic heterocycles. The van der Waals surface area contributed by atoms with Crippen LogP contribution >= 0.6 is 11.8 Å². The van der Waals surface area contributed by atoms with Crippen LogP contribution in [0.15, 0.2) is 0 Å². The highest BCUT2D eigenvalue weighted by atomic mass is 32.2. The summed E-state index contributed by atoms with van der Waals surface area (Å²) in [5.74, 6) is -0.808. The molecule has 2 unspecified atom stereocenters. The zero-order valence-corrected chi connectivity index (χ0v) is 11.7. The molecule has 106 valence electrons. The smallest absolute Gasteiger partial charge is 0.327 e. The lowest BCUT2D eigenvalue weighted by molar-refractivity contribution is -0.150. The molecule has 2 atom stereocenters. The minimum Gasteiger partial charge on any atom is -0.480 e. The van der Waals surface area contributed by atoms with Gasteiger partial charge in [-0.25, -0.2) is 4.79 Å². The van der Waals surface area contributed by atoms with Crippen molar-refractivity contribution in [1.82, 2.24) is 9.80 Å². The van der Waals surface area contributed by atoms with Gasteiger partial charge in [0.2, 0.25) is 11.8 Å². The number of amides is 2. The second kappa shape index (κ2) is 5.81. The first-order chi connectivity index (χ1) is 9.04. The molecule has 0 bridgehead atoms. The average molecular weight is 286 g/mol. The molecule has 2 fully saturated rings. The average Bonchev–Trinajstić information content (AvgIpc) is 2.95. The van der Waals surface area contributed by atoms with E-state index in [1.165, 1.54) is 21.6 Å². The van der Waals surface area contributed by atoms with Gasteiger partial charge in [0.15, 0.2) is 0 Å². The van der Waals surface area contributed by atoms with E-state index < -0.39 is 12.0 Å². The monoisotopic (exact) mass is 286 g/mol. The molecule has 7 heteroatoms. The van der Waals surface area contributed by atoms with Crippen LogP contribution < -0.4 is 0 Å². The zero-order valence-electron chi connectivity index (χ0n) is 10.9. The van der Waals surface area contributed by atoms with E-state index in [9.17, 15) is 19.5 Å². The minimum absolute atomic E-state index is 0.0136. The number of rotatable bonds is 4. The largest absolute Gasteiger partial charge is 0.480 e. The summed E-state index contributed by atoms with van der Waals surface area (Å²) in [6.07, 6.45) is 1.98. The standard InChI is InChI=1S/C12H18N2O4S/c1-2-11-14(8(7-19-11)12(17)18)10(16)6-13-5-3-4-9(13)15/h8,11H,2-7H2,1H3,(H,17,18). The van der Waals surface area contributed by atoms with E-state index in [2.05, 4.69) is 0 Å². The van der Waals surface area contributed by atoms with Crippen LogP contribution in [0.3, 0.4) is 0 Å². The molecular weight excluding hydrogens is 268 g/mol. The molecule has 0 aromatic rings. The van der Waals surface area contributed by atoms with Crippen LogP contribution in [0, 0.1) is 0 Å². The predicted octanol–water partition coefficient (Wildman–Crippen LogP) is 0.374. The number of carboxylic acid groups (broad SMARTS) is 1. The Kier molecular flexibility index (Phi) is 4.34. The second-order valence-electron chi connectivity index (χ2n) is 4.77.